The molecule has 1 heterocycles. The summed E-state index contributed by atoms with van der Waals surface area (Å²) in [5.41, 5.74) is -0.787. The van der Waals surface area contributed by atoms with Crippen LogP contribution in [0.3, 0.4) is 0 Å². The van der Waals surface area contributed by atoms with Gasteiger partial charge in [0.25, 0.3) is 0 Å². The van der Waals surface area contributed by atoms with Crippen molar-refractivity contribution in [2.24, 2.45) is 0 Å². The fourth-order valence-electron chi connectivity index (χ4n) is 2.06. The molecule has 0 bridgehead atoms. The minimum Gasteiger partial charge on any atom is -0.459 e. The minimum atomic E-state index is -1.27. The predicted molar refractivity (Wildman–Crippen MR) is 69.5 cm³/mol. The van der Waals surface area contributed by atoms with E-state index in [1.165, 1.54) is 0 Å². The van der Waals surface area contributed by atoms with Crippen molar-refractivity contribution < 1.29 is 19.4 Å². The molecule has 19 heavy (non-hydrogen) atoms. The maximum absolute atomic E-state index is 11.7. The zero-order chi connectivity index (χ0) is 13.9. The van der Waals surface area contributed by atoms with Gasteiger partial charge in [0.2, 0.25) is 0 Å². The van der Waals surface area contributed by atoms with Crippen LogP contribution >= 0.6 is 0 Å². The van der Waals surface area contributed by atoms with E-state index in [1.807, 2.05) is 6.07 Å². The molecule has 100 valence electrons. The molecule has 0 radical (unpaired) electrons. The van der Waals surface area contributed by atoms with Gasteiger partial charge in [-0.3, -0.25) is 0 Å². The number of benzene rings is 1. The number of aliphatic hydroxyl groups is 1. The van der Waals surface area contributed by atoms with E-state index in [0.29, 0.717) is 5.56 Å². The van der Waals surface area contributed by atoms with Gasteiger partial charge in [-0.1, -0.05) is 24.1 Å². The maximum atomic E-state index is 11.7. The highest BCUT2D eigenvalue weighted by Gasteiger charge is 2.43. The molecule has 1 aromatic carbocycles. The zero-order valence-electron chi connectivity index (χ0n) is 10.7. The van der Waals surface area contributed by atoms with Crippen LogP contribution in [-0.4, -0.2) is 35.5 Å². The minimum absolute atomic E-state index is 0.0854. The quantitative estimate of drug-likeness (QED) is 0.659. The van der Waals surface area contributed by atoms with E-state index in [2.05, 4.69) is 5.92 Å². The summed E-state index contributed by atoms with van der Waals surface area (Å²) in [5, 5.41) is 10.0. The highest BCUT2D eigenvalue weighted by atomic mass is 16.6. The van der Waals surface area contributed by atoms with Crippen molar-refractivity contribution in [3.8, 4) is 12.3 Å². The summed E-state index contributed by atoms with van der Waals surface area (Å²) in [5.74, 6) is 1.92. The molecule has 1 aliphatic rings. The second-order valence-electron chi connectivity index (χ2n) is 4.64. The molecule has 1 unspecified atom stereocenters. The first-order valence-corrected chi connectivity index (χ1v) is 6.13. The number of esters is 1. The van der Waals surface area contributed by atoms with Crippen LogP contribution in [0.4, 0.5) is 0 Å². The van der Waals surface area contributed by atoms with E-state index in [4.69, 9.17) is 15.9 Å². The van der Waals surface area contributed by atoms with Crippen molar-refractivity contribution in [1.29, 1.82) is 0 Å². The molecule has 1 fully saturated rings. The van der Waals surface area contributed by atoms with E-state index >= 15 is 0 Å². The lowest BCUT2D eigenvalue weighted by Crippen LogP contribution is -2.34. The van der Waals surface area contributed by atoms with Crippen LogP contribution in [0.2, 0.25) is 0 Å². The van der Waals surface area contributed by atoms with E-state index in [-0.39, 0.29) is 19.1 Å². The van der Waals surface area contributed by atoms with Gasteiger partial charge in [-0.15, -0.1) is 6.42 Å². The van der Waals surface area contributed by atoms with Crippen molar-refractivity contribution in [3.05, 3.63) is 35.9 Å². The fourth-order valence-corrected chi connectivity index (χ4v) is 2.06. The molecule has 1 saturated heterocycles. The summed E-state index contributed by atoms with van der Waals surface area (Å²) < 4.78 is 10.6. The third-order valence-electron chi connectivity index (χ3n) is 3.27. The van der Waals surface area contributed by atoms with Crippen molar-refractivity contribution in [1.82, 2.24) is 0 Å². The number of hydrogen-bond acceptors (Lipinski definition) is 4. The summed E-state index contributed by atoms with van der Waals surface area (Å²) >= 11 is 0. The lowest BCUT2D eigenvalue weighted by Gasteiger charge is -2.17. The molecule has 0 amide bonds. The SMILES string of the molecule is C#C[C@@]1(O)C[C@@H](COC(=O)c2ccccc2)OC1C. The van der Waals surface area contributed by atoms with Crippen LogP contribution in [0.1, 0.15) is 23.7 Å². The van der Waals surface area contributed by atoms with Crippen LogP contribution in [0.15, 0.2) is 30.3 Å². The second kappa shape index (κ2) is 5.43. The molecular formula is C15H16O4. The van der Waals surface area contributed by atoms with E-state index in [0.717, 1.165) is 0 Å². The number of hydrogen-bond donors (Lipinski definition) is 1. The number of rotatable bonds is 3. The molecule has 2 rings (SSSR count). The number of ether oxygens (including phenoxy) is 2. The largest absolute Gasteiger partial charge is 0.459 e. The van der Waals surface area contributed by atoms with Crippen LogP contribution < -0.4 is 0 Å². The molecule has 4 heteroatoms. The van der Waals surface area contributed by atoms with Crippen LogP contribution in [-0.2, 0) is 9.47 Å². The molecule has 4 nitrogen and oxygen atoms in total. The van der Waals surface area contributed by atoms with Crippen LogP contribution in [0.25, 0.3) is 0 Å². The Balaban J connectivity index is 1.88. The smallest absolute Gasteiger partial charge is 0.338 e. The second-order valence-corrected chi connectivity index (χ2v) is 4.64. The van der Waals surface area contributed by atoms with Gasteiger partial charge in [-0.25, -0.2) is 4.79 Å². The first-order valence-electron chi connectivity index (χ1n) is 6.13. The lowest BCUT2D eigenvalue weighted by atomic mass is 9.96. The molecule has 1 aromatic rings. The third kappa shape index (κ3) is 2.95. The Bertz CT molecular complexity index is 491. The molecule has 0 aliphatic carbocycles. The number of carbonyl (C=O) groups is 1. The molecular weight excluding hydrogens is 244 g/mol. The monoisotopic (exact) mass is 260 g/mol. The summed E-state index contributed by atoms with van der Waals surface area (Å²) in [7, 11) is 0. The Morgan fingerprint density at radius 3 is 2.84 bits per heavy atom. The molecule has 0 aromatic heterocycles. The van der Waals surface area contributed by atoms with Gasteiger partial charge in [-0.2, -0.15) is 0 Å². The number of carbonyl (C=O) groups excluding carboxylic acids is 1. The van der Waals surface area contributed by atoms with Crippen molar-refractivity contribution in [2.75, 3.05) is 6.61 Å². The average Bonchev–Trinajstić information content (AvgIpc) is 2.73. The first-order chi connectivity index (χ1) is 9.05. The van der Waals surface area contributed by atoms with Gasteiger partial charge < -0.3 is 14.6 Å². The molecule has 0 saturated carbocycles. The first kappa shape index (κ1) is 13.6. The summed E-state index contributed by atoms with van der Waals surface area (Å²) in [6, 6.07) is 8.71. The molecule has 1 aliphatic heterocycles. The Kier molecular flexibility index (Phi) is 3.89. The number of terminal acetylenes is 1. The fraction of sp³-hybridized carbons (Fsp3) is 0.400. The summed E-state index contributed by atoms with van der Waals surface area (Å²) in [4.78, 5) is 11.7. The van der Waals surface area contributed by atoms with Gasteiger partial charge >= 0.3 is 5.97 Å². The lowest BCUT2D eigenvalue weighted by molar-refractivity contribution is -0.0250. The van der Waals surface area contributed by atoms with Crippen LogP contribution in [0, 0.1) is 12.3 Å². The van der Waals surface area contributed by atoms with Gasteiger partial charge in [0.05, 0.1) is 17.8 Å². The standard InChI is InChI=1S/C15H16O4/c1-3-15(17)9-13(19-11(15)2)10-18-14(16)12-7-5-4-6-8-12/h1,4-8,11,13,17H,9-10H2,2H3/t11?,13-,15+/m0/s1. The van der Waals surface area contributed by atoms with E-state index in [1.54, 1.807) is 31.2 Å². The van der Waals surface area contributed by atoms with E-state index in [9.17, 15) is 9.90 Å². The molecule has 3 atom stereocenters. The average molecular weight is 260 g/mol. The summed E-state index contributed by atoms with van der Waals surface area (Å²) in [6.07, 6.45) is 4.72. The summed E-state index contributed by atoms with van der Waals surface area (Å²) in [6.45, 7) is 1.79. The predicted octanol–water partition coefficient (Wildman–Crippen LogP) is 1.39. The van der Waals surface area contributed by atoms with Gasteiger partial charge in [0.1, 0.15) is 6.61 Å². The molecule has 1 N–H and O–H groups in total. The van der Waals surface area contributed by atoms with Gasteiger partial charge in [-0.05, 0) is 19.1 Å². The Labute approximate surface area is 112 Å². The van der Waals surface area contributed by atoms with Crippen LogP contribution in [0.5, 0.6) is 0 Å². The zero-order valence-corrected chi connectivity index (χ0v) is 10.7. The normalized spacial score (nSPS) is 29.7. The third-order valence-corrected chi connectivity index (χ3v) is 3.27. The van der Waals surface area contributed by atoms with Crippen molar-refractivity contribution in [3.63, 3.8) is 0 Å². The Hall–Kier alpha value is -1.83. The van der Waals surface area contributed by atoms with Crippen molar-refractivity contribution in [2.45, 2.75) is 31.2 Å². The van der Waals surface area contributed by atoms with E-state index < -0.39 is 17.7 Å². The highest BCUT2D eigenvalue weighted by Crippen LogP contribution is 2.30. The van der Waals surface area contributed by atoms with Gasteiger partial charge in [0, 0.05) is 6.42 Å². The Morgan fingerprint density at radius 2 is 2.26 bits per heavy atom. The maximum Gasteiger partial charge on any atom is 0.338 e. The van der Waals surface area contributed by atoms with Crippen molar-refractivity contribution >= 4 is 5.97 Å². The topological polar surface area (TPSA) is 55.8 Å². The molecule has 0 spiro atoms. The highest BCUT2D eigenvalue weighted by molar-refractivity contribution is 5.89. The Morgan fingerprint density at radius 1 is 1.58 bits per heavy atom. The van der Waals surface area contributed by atoms with Gasteiger partial charge in [0.15, 0.2) is 5.60 Å².